The molecular formula is C59H93N9O6S. The minimum absolute atomic E-state index is 0.105. The van der Waals surface area contributed by atoms with E-state index in [0.717, 1.165) is 126 Å². The van der Waals surface area contributed by atoms with E-state index in [2.05, 4.69) is 146 Å². The molecule has 75 heavy (non-hydrogen) atoms. The number of thiophene rings is 1. The highest BCUT2D eigenvalue weighted by atomic mass is 32.1. The molecular weight excluding hydrogens is 963 g/mol. The topological polar surface area (TPSA) is 175 Å². The maximum atomic E-state index is 12.5. The maximum Gasteiger partial charge on any atom is 0.273 e. The van der Waals surface area contributed by atoms with Crippen molar-refractivity contribution >= 4 is 39.1 Å². The number of carbonyl (C=O) groups excluding carboxylic acids is 3. The van der Waals surface area contributed by atoms with Gasteiger partial charge in [0.15, 0.2) is 17.1 Å². The molecule has 11 rings (SSSR count). The fourth-order valence-corrected chi connectivity index (χ4v) is 9.88. The molecule has 3 amide bonds. The summed E-state index contributed by atoms with van der Waals surface area (Å²) in [7, 11) is 2.06. The van der Waals surface area contributed by atoms with Crippen molar-refractivity contribution in [3.63, 3.8) is 0 Å². The Morgan fingerprint density at radius 3 is 1.45 bits per heavy atom. The van der Waals surface area contributed by atoms with Crippen LogP contribution in [0.25, 0.3) is 10.1 Å². The van der Waals surface area contributed by atoms with E-state index in [1.165, 1.54) is 15.0 Å². The molecule has 1 aromatic carbocycles. The number of likely N-dealkylation sites (tertiary alicyclic amines) is 3. The molecule has 0 bridgehead atoms. The molecule has 4 aromatic heterocycles. The Morgan fingerprint density at radius 2 is 1.04 bits per heavy atom. The molecule has 416 valence electrons. The van der Waals surface area contributed by atoms with E-state index in [9.17, 15) is 14.4 Å². The van der Waals surface area contributed by atoms with Gasteiger partial charge in [0, 0.05) is 109 Å². The first-order chi connectivity index (χ1) is 36.0. The molecule has 3 saturated carbocycles. The number of hydrogen-bond donors (Lipinski definition) is 3. The van der Waals surface area contributed by atoms with Crippen LogP contribution in [0.3, 0.4) is 0 Å². The third-order valence-electron chi connectivity index (χ3n) is 13.1. The Labute approximate surface area is 453 Å². The largest absolute Gasteiger partial charge is 0.360 e. The lowest BCUT2D eigenvalue weighted by Gasteiger charge is -2.20. The van der Waals surface area contributed by atoms with Crippen LogP contribution in [0.15, 0.2) is 62.1 Å². The number of amides is 3. The minimum Gasteiger partial charge on any atom is -0.360 e. The average Bonchev–Trinajstić information content (AvgIpc) is 4.24. The molecule has 3 saturated heterocycles. The van der Waals surface area contributed by atoms with Crippen molar-refractivity contribution in [1.29, 1.82) is 0 Å². The molecule has 16 heteroatoms. The van der Waals surface area contributed by atoms with Crippen LogP contribution in [0.4, 0.5) is 0 Å². The van der Waals surface area contributed by atoms with Gasteiger partial charge in [-0.05, 0) is 114 Å². The molecule has 6 fully saturated rings. The Bertz CT molecular complexity index is 2420. The van der Waals surface area contributed by atoms with Crippen molar-refractivity contribution in [1.82, 2.24) is 46.1 Å². The summed E-state index contributed by atoms with van der Waals surface area (Å²) in [5, 5.41) is 22.2. The Hall–Kier alpha value is -4.90. The predicted octanol–water partition coefficient (Wildman–Crippen LogP) is 12.1. The van der Waals surface area contributed by atoms with E-state index in [0.29, 0.717) is 46.8 Å². The quantitative estimate of drug-likeness (QED) is 0.108. The summed E-state index contributed by atoms with van der Waals surface area (Å²) < 4.78 is 17.0. The molecule has 0 spiro atoms. The number of nitrogens with one attached hydrogen (secondary N) is 3. The van der Waals surface area contributed by atoms with Gasteiger partial charge in [-0.25, -0.2) is 0 Å². The third-order valence-corrected chi connectivity index (χ3v) is 14.2. The molecule has 3 aliphatic heterocycles. The van der Waals surface area contributed by atoms with Gasteiger partial charge in [0.05, 0.1) is 0 Å². The van der Waals surface area contributed by atoms with Crippen molar-refractivity contribution < 1.29 is 28.0 Å². The fourth-order valence-electron chi connectivity index (χ4n) is 8.78. The van der Waals surface area contributed by atoms with Gasteiger partial charge < -0.3 is 34.4 Å². The number of hydrogen-bond acceptors (Lipinski definition) is 13. The van der Waals surface area contributed by atoms with Gasteiger partial charge in [-0.2, -0.15) is 0 Å². The second-order valence-electron chi connectivity index (χ2n) is 22.4. The van der Waals surface area contributed by atoms with E-state index < -0.39 is 0 Å². The van der Waals surface area contributed by atoms with Gasteiger partial charge in [-0.3, -0.25) is 24.2 Å². The molecule has 4 atom stereocenters. The highest BCUT2D eigenvalue weighted by Gasteiger charge is 2.35. The van der Waals surface area contributed by atoms with Gasteiger partial charge in [0.25, 0.3) is 17.7 Å². The lowest BCUT2D eigenvalue weighted by Crippen LogP contribution is -2.39. The highest BCUT2D eigenvalue weighted by Crippen LogP contribution is 2.41. The average molecular weight is 1060 g/mol. The van der Waals surface area contributed by atoms with E-state index in [-0.39, 0.29) is 35.8 Å². The van der Waals surface area contributed by atoms with Crippen LogP contribution in [0.5, 0.6) is 0 Å². The standard InChI is InChI=1S/C21H23N3O2S.C14H21N3O2.C12H17N3O2.2C4H10.2C2H6/c1-13-10-24(11-16-8-15-4-2-3-5-20(15)27-16)12-18(13)22-21(25)17-9-19(26-23-17)14-6-7-14;1-9(2)17-6-5-11(8-17)15-14(18)12-7-13(19-16-12)10-3-4-10;1-15-5-4-9(7-15)13-12(16)10-6-11(17-14-10)8-2-3-8;2*1-4(2)3;2*1-2/h2-5,8-9,13-14,18H,6-7,10-12H2,1H3,(H,22,25);7,9-11H,3-6,8H2,1-2H3,(H,15,18);6,8-9H,2-5,7H2,1H3,(H,13,16);2*4H,1-3H3;2*1-2H3/t13-,18?;;;;;;/m1....../s1. The Balaban J connectivity index is 0.000000192. The van der Waals surface area contributed by atoms with E-state index in [1.807, 2.05) is 45.1 Å². The predicted molar refractivity (Wildman–Crippen MR) is 303 cm³/mol. The van der Waals surface area contributed by atoms with Gasteiger partial charge >= 0.3 is 0 Å². The molecule has 3 N–H and O–H groups in total. The molecule has 6 aliphatic rings. The van der Waals surface area contributed by atoms with E-state index >= 15 is 0 Å². The Morgan fingerprint density at radius 1 is 0.600 bits per heavy atom. The van der Waals surface area contributed by atoms with Crippen LogP contribution < -0.4 is 16.0 Å². The molecule has 15 nitrogen and oxygen atoms in total. The maximum absolute atomic E-state index is 12.5. The van der Waals surface area contributed by atoms with Gasteiger partial charge in [0.2, 0.25) is 0 Å². The van der Waals surface area contributed by atoms with Crippen LogP contribution >= 0.6 is 11.3 Å². The number of fused-ring (bicyclic) bond motifs is 1. The molecule has 3 unspecified atom stereocenters. The first-order valence-electron chi connectivity index (χ1n) is 28.4. The number of rotatable bonds is 12. The third kappa shape index (κ3) is 20.2. The van der Waals surface area contributed by atoms with Crippen molar-refractivity contribution in [3.8, 4) is 0 Å². The summed E-state index contributed by atoms with van der Waals surface area (Å²) in [6, 6.07) is 17.3. The molecule has 0 radical (unpaired) electrons. The monoisotopic (exact) mass is 1060 g/mol. The van der Waals surface area contributed by atoms with Gasteiger partial charge in [0.1, 0.15) is 17.3 Å². The number of carbonyl (C=O) groups is 3. The summed E-state index contributed by atoms with van der Waals surface area (Å²) in [4.78, 5) is 44.9. The second kappa shape index (κ2) is 30.1. The first kappa shape index (κ1) is 61.0. The number of aromatic nitrogens is 3. The van der Waals surface area contributed by atoms with Crippen molar-refractivity contribution in [2.75, 3.05) is 46.3 Å². The van der Waals surface area contributed by atoms with Crippen molar-refractivity contribution in [3.05, 3.63) is 87.8 Å². The number of nitrogens with zero attached hydrogens (tertiary/aromatic N) is 6. The molecule has 3 aliphatic carbocycles. The first-order valence-corrected chi connectivity index (χ1v) is 29.2. The Kier molecular flexibility index (Phi) is 24.5. The SMILES string of the molecule is CC.CC.CC(C)C.CC(C)C.CC(C)N1CCC(NC(=O)c2cc(C3CC3)on2)C1.CN1CCC(NC(=O)c2cc(C3CC3)on2)C1.C[C@@H]1CN(Cc2cc3ccccc3s2)CC1NC(=O)c1cc(C2CC2)on1. The smallest absolute Gasteiger partial charge is 0.273 e. The van der Waals surface area contributed by atoms with E-state index in [1.54, 1.807) is 12.1 Å². The van der Waals surface area contributed by atoms with Crippen LogP contribution in [0.2, 0.25) is 0 Å². The zero-order valence-corrected chi connectivity index (χ0v) is 48.9. The number of benzene rings is 1. The normalized spacial score (nSPS) is 21.2. The molecule has 7 heterocycles. The lowest BCUT2D eigenvalue weighted by molar-refractivity contribution is 0.0915. The van der Waals surface area contributed by atoms with Crippen molar-refractivity contribution in [2.24, 2.45) is 17.8 Å². The van der Waals surface area contributed by atoms with Crippen molar-refractivity contribution in [2.45, 2.75) is 190 Å². The lowest BCUT2D eigenvalue weighted by atomic mass is 10.1. The number of likely N-dealkylation sites (N-methyl/N-ethyl adjacent to an activating group) is 1. The fraction of sp³-hybridized carbons (Fsp3) is 0.661. The van der Waals surface area contributed by atoms with Gasteiger partial charge in [-0.1, -0.05) is 110 Å². The summed E-state index contributed by atoms with van der Waals surface area (Å²) in [5.41, 5.74) is 1.25. The zero-order valence-electron chi connectivity index (χ0n) is 48.0. The summed E-state index contributed by atoms with van der Waals surface area (Å²) in [6.07, 6.45) is 8.93. The second-order valence-corrected chi connectivity index (χ2v) is 23.6. The van der Waals surface area contributed by atoms with Crippen LogP contribution in [0, 0.1) is 17.8 Å². The highest BCUT2D eigenvalue weighted by molar-refractivity contribution is 7.19. The molecule has 5 aromatic rings. The summed E-state index contributed by atoms with van der Waals surface area (Å²) in [6.45, 7) is 34.3. The summed E-state index contributed by atoms with van der Waals surface area (Å²) >= 11 is 1.86. The van der Waals surface area contributed by atoms with Crippen LogP contribution in [-0.2, 0) is 6.54 Å². The zero-order chi connectivity index (χ0) is 54.8. The van der Waals surface area contributed by atoms with E-state index in [4.69, 9.17) is 13.6 Å². The minimum atomic E-state index is -0.119. The van der Waals surface area contributed by atoms with Gasteiger partial charge in [-0.15, -0.1) is 11.3 Å². The van der Waals surface area contributed by atoms with Crippen LogP contribution in [0.1, 0.15) is 213 Å². The van der Waals surface area contributed by atoms with Crippen LogP contribution in [-0.4, -0.2) is 118 Å². The summed E-state index contributed by atoms with van der Waals surface area (Å²) in [5.74, 6) is 5.79.